The van der Waals surface area contributed by atoms with Crippen LogP contribution in [-0.2, 0) is 0 Å². The summed E-state index contributed by atoms with van der Waals surface area (Å²) < 4.78 is 2.31. The molecular weight excluding hydrogens is 364 g/mol. The van der Waals surface area contributed by atoms with Gasteiger partial charge in [-0.05, 0) is 39.3 Å². The minimum absolute atomic E-state index is 0.00360. The van der Waals surface area contributed by atoms with Gasteiger partial charge < -0.3 is 4.90 Å². The Morgan fingerprint density at radius 1 is 1.07 bits per heavy atom. The highest BCUT2D eigenvalue weighted by Crippen LogP contribution is 2.48. The number of allylic oxidation sites excluding steroid dienone is 13. The molecule has 0 saturated carbocycles. The third-order valence-electron chi connectivity index (χ3n) is 6.58. The third kappa shape index (κ3) is 4.01. The highest BCUT2D eigenvalue weighted by molar-refractivity contribution is 6.00. The van der Waals surface area contributed by atoms with Gasteiger partial charge >= 0.3 is 0 Å². The number of likely N-dealkylation sites (N-methyl/N-ethyl adjacent to an activating group) is 1. The molecule has 2 aliphatic heterocycles. The summed E-state index contributed by atoms with van der Waals surface area (Å²) in [6, 6.07) is 0. The summed E-state index contributed by atoms with van der Waals surface area (Å²) in [5.41, 5.74) is 8.63. The van der Waals surface area contributed by atoms with Gasteiger partial charge in [0, 0.05) is 42.4 Å². The van der Waals surface area contributed by atoms with Gasteiger partial charge in [-0.2, -0.15) is 0 Å². The maximum absolute atomic E-state index is 4.27. The van der Waals surface area contributed by atoms with Gasteiger partial charge in [-0.25, -0.2) is 4.58 Å². The van der Waals surface area contributed by atoms with Gasteiger partial charge in [0.15, 0.2) is 11.4 Å². The van der Waals surface area contributed by atoms with Crippen molar-refractivity contribution in [1.82, 2.24) is 4.90 Å². The van der Waals surface area contributed by atoms with Gasteiger partial charge in [-0.1, -0.05) is 69.0 Å². The van der Waals surface area contributed by atoms with Crippen molar-refractivity contribution in [3.63, 3.8) is 0 Å². The van der Waals surface area contributed by atoms with E-state index in [1.807, 2.05) is 6.08 Å². The molecule has 0 aromatic heterocycles. The summed E-state index contributed by atoms with van der Waals surface area (Å²) in [5, 5.41) is 0. The molecule has 160 valence electrons. The molecule has 0 aliphatic carbocycles. The first-order chi connectivity index (χ1) is 13.9. The molecule has 2 aliphatic rings. The molecule has 2 rings (SSSR count). The van der Waals surface area contributed by atoms with Crippen LogP contribution in [0, 0.1) is 10.8 Å². The van der Waals surface area contributed by atoms with Crippen LogP contribution in [0.25, 0.3) is 0 Å². The van der Waals surface area contributed by atoms with Crippen LogP contribution < -0.4 is 0 Å². The first-order valence-electron chi connectivity index (χ1n) is 10.7. The molecule has 0 radical (unpaired) electrons. The minimum atomic E-state index is -0.0919. The summed E-state index contributed by atoms with van der Waals surface area (Å²) in [6.07, 6.45) is 17.2. The third-order valence-corrected chi connectivity index (χ3v) is 6.58. The molecule has 0 N–H and O–H groups in total. The van der Waals surface area contributed by atoms with Crippen molar-refractivity contribution >= 4 is 5.71 Å². The summed E-state index contributed by atoms with van der Waals surface area (Å²) in [5.74, 6) is 0. The Labute approximate surface area is 184 Å². The van der Waals surface area contributed by atoms with E-state index in [4.69, 9.17) is 0 Å². The Morgan fingerprint density at radius 2 is 1.70 bits per heavy atom. The average molecular weight is 404 g/mol. The van der Waals surface area contributed by atoms with Crippen molar-refractivity contribution in [2.75, 3.05) is 14.1 Å². The number of hydrogen-bond acceptors (Lipinski definition) is 1. The van der Waals surface area contributed by atoms with Crippen LogP contribution in [0.5, 0.6) is 0 Å². The van der Waals surface area contributed by atoms with E-state index in [-0.39, 0.29) is 10.8 Å². The molecule has 0 aromatic rings. The highest BCUT2D eigenvalue weighted by atomic mass is 15.2. The Hall–Kier alpha value is -2.61. The lowest BCUT2D eigenvalue weighted by atomic mass is 9.80. The van der Waals surface area contributed by atoms with E-state index in [0.717, 1.165) is 5.70 Å². The molecule has 0 unspecified atom stereocenters. The molecule has 1 fully saturated rings. The molecule has 0 spiro atoms. The lowest BCUT2D eigenvalue weighted by molar-refractivity contribution is -0.440. The van der Waals surface area contributed by atoms with Crippen LogP contribution in [0.3, 0.4) is 0 Å². The summed E-state index contributed by atoms with van der Waals surface area (Å²) in [6.45, 7) is 23.6. The lowest BCUT2D eigenvalue weighted by Crippen LogP contribution is -2.24. The highest BCUT2D eigenvalue weighted by Gasteiger charge is 2.42. The van der Waals surface area contributed by atoms with Gasteiger partial charge in [0.25, 0.3) is 0 Å². The van der Waals surface area contributed by atoms with Gasteiger partial charge in [0.1, 0.15) is 7.05 Å². The summed E-state index contributed by atoms with van der Waals surface area (Å²) in [7, 11) is 4.24. The first kappa shape index (κ1) is 23.7. The van der Waals surface area contributed by atoms with Crippen molar-refractivity contribution in [3.05, 3.63) is 95.6 Å². The van der Waals surface area contributed by atoms with Gasteiger partial charge in [-0.3, -0.25) is 0 Å². The standard InChI is InChI=1S/C28H39N2/c1-12-14-23-21(4)29(10)25(27(23,6)7)18-16-20(3)17-19-26-28(8,9)24(15-13-2)22(5)30(26)11/h12-19H,1,4H2,2-3,5-11H3/q+1/b15-13-,23-14+. The molecule has 2 heterocycles. The normalized spacial score (nSPS) is 24.6. The van der Waals surface area contributed by atoms with Gasteiger partial charge in [-0.15, -0.1) is 0 Å². The fourth-order valence-corrected chi connectivity index (χ4v) is 4.65. The molecule has 30 heavy (non-hydrogen) atoms. The Morgan fingerprint density at radius 3 is 2.27 bits per heavy atom. The molecule has 0 amide bonds. The zero-order valence-electron chi connectivity index (χ0n) is 20.4. The Bertz CT molecular complexity index is 966. The van der Waals surface area contributed by atoms with Crippen molar-refractivity contribution in [2.24, 2.45) is 10.8 Å². The fourth-order valence-electron chi connectivity index (χ4n) is 4.65. The summed E-state index contributed by atoms with van der Waals surface area (Å²) >= 11 is 0. The molecule has 0 bridgehead atoms. The van der Waals surface area contributed by atoms with Gasteiger partial charge in [0.05, 0.1) is 5.41 Å². The predicted octanol–water partition coefficient (Wildman–Crippen LogP) is 6.94. The van der Waals surface area contributed by atoms with E-state index >= 15 is 0 Å². The van der Waals surface area contributed by atoms with E-state index in [0.29, 0.717) is 0 Å². The molecular formula is C28H39N2+. The van der Waals surface area contributed by atoms with Crippen molar-refractivity contribution in [1.29, 1.82) is 0 Å². The van der Waals surface area contributed by atoms with Crippen LogP contribution >= 0.6 is 0 Å². The fraction of sp³-hybridized carbons (Fsp3) is 0.393. The Balaban J connectivity index is 2.34. The van der Waals surface area contributed by atoms with E-state index in [2.05, 4.69) is 128 Å². The topological polar surface area (TPSA) is 6.25 Å². The van der Waals surface area contributed by atoms with E-state index in [9.17, 15) is 0 Å². The maximum Gasteiger partial charge on any atom is 0.191 e. The second-order valence-corrected chi connectivity index (χ2v) is 9.31. The molecule has 0 aromatic carbocycles. The van der Waals surface area contributed by atoms with Crippen LogP contribution in [0.15, 0.2) is 95.6 Å². The smallest absolute Gasteiger partial charge is 0.191 e. The number of hydrogen-bond donors (Lipinski definition) is 0. The largest absolute Gasteiger partial charge is 0.348 e. The SMILES string of the molecule is C=C/C=C1\C(=C)N(C)\C(=C/C=C(C)/C=C/C2=[N+](C)C(C)=C(/C=C\C)C2(C)C)C1(C)C. The average Bonchev–Trinajstić information content (AvgIpc) is 2.93. The minimum Gasteiger partial charge on any atom is -0.348 e. The molecule has 1 saturated heterocycles. The monoisotopic (exact) mass is 403 g/mol. The predicted molar refractivity (Wildman–Crippen MR) is 132 cm³/mol. The summed E-state index contributed by atoms with van der Waals surface area (Å²) in [4.78, 5) is 2.18. The molecule has 2 heteroatoms. The number of likely N-dealkylation sites (tertiary alicyclic amines) is 1. The van der Waals surface area contributed by atoms with Crippen LogP contribution in [0.1, 0.15) is 48.5 Å². The van der Waals surface area contributed by atoms with E-state index in [1.54, 1.807) is 0 Å². The number of nitrogens with zero attached hydrogens (tertiary/aromatic N) is 2. The lowest BCUT2D eigenvalue weighted by Gasteiger charge is -2.22. The second-order valence-electron chi connectivity index (χ2n) is 9.31. The van der Waals surface area contributed by atoms with Crippen LogP contribution in [-0.4, -0.2) is 29.3 Å². The maximum atomic E-state index is 4.27. The van der Waals surface area contributed by atoms with Crippen molar-refractivity contribution < 1.29 is 4.58 Å². The molecule has 0 atom stereocenters. The first-order valence-corrected chi connectivity index (χ1v) is 10.7. The Kier molecular flexibility index (Phi) is 6.81. The van der Waals surface area contributed by atoms with E-state index in [1.165, 1.54) is 33.8 Å². The molecule has 2 nitrogen and oxygen atoms in total. The van der Waals surface area contributed by atoms with Crippen LogP contribution in [0.4, 0.5) is 0 Å². The zero-order valence-corrected chi connectivity index (χ0v) is 20.4. The van der Waals surface area contributed by atoms with E-state index < -0.39 is 0 Å². The van der Waals surface area contributed by atoms with Crippen molar-refractivity contribution in [2.45, 2.75) is 48.5 Å². The van der Waals surface area contributed by atoms with Crippen LogP contribution in [0.2, 0.25) is 0 Å². The van der Waals surface area contributed by atoms with Crippen molar-refractivity contribution in [3.8, 4) is 0 Å². The zero-order chi connectivity index (χ0) is 22.9. The quantitative estimate of drug-likeness (QED) is 0.356. The second kappa shape index (κ2) is 8.63. The van der Waals surface area contributed by atoms with Gasteiger partial charge in [0.2, 0.25) is 0 Å². The number of rotatable bonds is 5.